The minimum Gasteiger partial charge on any atom is -0.488 e. The smallest absolute Gasteiger partial charge is 0.273 e. The van der Waals surface area contributed by atoms with Crippen molar-refractivity contribution in [3.63, 3.8) is 0 Å². The molecular formula is C14H17Cl2NO3. The van der Waals surface area contributed by atoms with E-state index in [1.165, 1.54) is 18.2 Å². The highest BCUT2D eigenvalue weighted by atomic mass is 35.5. The summed E-state index contributed by atoms with van der Waals surface area (Å²) in [5.41, 5.74) is -0.0973. The van der Waals surface area contributed by atoms with E-state index in [9.17, 15) is 10.1 Å². The normalized spacial score (nSPS) is 24.0. The van der Waals surface area contributed by atoms with Crippen LogP contribution in [0, 0.1) is 15.5 Å². The Bertz CT molecular complexity index is 517. The predicted molar refractivity (Wildman–Crippen MR) is 79.8 cm³/mol. The summed E-state index contributed by atoms with van der Waals surface area (Å²) in [5.74, 6) is 0.362. The van der Waals surface area contributed by atoms with E-state index in [2.05, 4.69) is 13.8 Å². The lowest BCUT2D eigenvalue weighted by atomic mass is 9.62. The monoisotopic (exact) mass is 317 g/mol. The molecule has 0 heterocycles. The zero-order valence-corrected chi connectivity index (χ0v) is 12.9. The van der Waals surface area contributed by atoms with E-state index in [0.717, 1.165) is 19.3 Å². The van der Waals surface area contributed by atoms with Crippen LogP contribution in [-0.2, 0) is 0 Å². The van der Waals surface area contributed by atoms with Gasteiger partial charge in [-0.05, 0) is 18.9 Å². The first-order valence-corrected chi connectivity index (χ1v) is 7.50. The molecule has 0 aliphatic heterocycles. The number of hydrogen-bond donors (Lipinski definition) is 0. The molecule has 4 nitrogen and oxygen atoms in total. The van der Waals surface area contributed by atoms with Gasteiger partial charge >= 0.3 is 0 Å². The summed E-state index contributed by atoms with van der Waals surface area (Å²) < 4.78 is 5.92. The zero-order chi connectivity index (χ0) is 14.9. The molecule has 0 radical (unpaired) electrons. The van der Waals surface area contributed by atoms with Gasteiger partial charge in [-0.15, -0.1) is 11.6 Å². The van der Waals surface area contributed by atoms with Crippen molar-refractivity contribution in [3.8, 4) is 5.75 Å². The van der Waals surface area contributed by atoms with Gasteiger partial charge in [-0.1, -0.05) is 25.4 Å². The van der Waals surface area contributed by atoms with Gasteiger partial charge in [-0.25, -0.2) is 0 Å². The van der Waals surface area contributed by atoms with Crippen LogP contribution < -0.4 is 4.74 Å². The number of nitro groups is 1. The number of ether oxygens (including phenoxy) is 1. The van der Waals surface area contributed by atoms with Crippen LogP contribution in [0.15, 0.2) is 18.2 Å². The second-order valence-electron chi connectivity index (χ2n) is 5.12. The highest BCUT2D eigenvalue weighted by Crippen LogP contribution is 2.52. The van der Waals surface area contributed by atoms with Crippen molar-refractivity contribution in [2.45, 2.75) is 44.6 Å². The molecule has 1 fully saturated rings. The van der Waals surface area contributed by atoms with Gasteiger partial charge in [0, 0.05) is 23.3 Å². The third-order valence-corrected chi connectivity index (χ3v) is 5.32. The number of benzene rings is 1. The Balaban J connectivity index is 2.22. The van der Waals surface area contributed by atoms with Gasteiger partial charge in [0.1, 0.15) is 11.9 Å². The lowest BCUT2D eigenvalue weighted by molar-refractivity contribution is -0.385. The maximum Gasteiger partial charge on any atom is 0.273 e. The quantitative estimate of drug-likeness (QED) is 0.444. The fraction of sp³-hybridized carbons (Fsp3) is 0.571. The Hall–Kier alpha value is -1.000. The Morgan fingerprint density at radius 3 is 2.60 bits per heavy atom. The number of nitrogens with zero attached hydrogens (tertiary/aromatic N) is 1. The minimum absolute atomic E-state index is 0.0234. The Labute approximate surface area is 128 Å². The van der Waals surface area contributed by atoms with Crippen LogP contribution in [0.5, 0.6) is 5.75 Å². The van der Waals surface area contributed by atoms with Crippen molar-refractivity contribution in [1.29, 1.82) is 0 Å². The second kappa shape index (κ2) is 5.78. The summed E-state index contributed by atoms with van der Waals surface area (Å²) in [6.45, 7) is 4.17. The summed E-state index contributed by atoms with van der Waals surface area (Å²) >= 11 is 12.4. The molecule has 0 aromatic heterocycles. The van der Waals surface area contributed by atoms with E-state index in [1.54, 1.807) is 0 Å². The summed E-state index contributed by atoms with van der Waals surface area (Å²) in [5, 5.41) is 11.3. The van der Waals surface area contributed by atoms with Crippen LogP contribution in [0.25, 0.3) is 0 Å². The zero-order valence-electron chi connectivity index (χ0n) is 11.4. The van der Waals surface area contributed by atoms with Gasteiger partial charge in [-0.2, -0.15) is 0 Å². The molecule has 1 aromatic rings. The molecule has 110 valence electrons. The average molecular weight is 318 g/mol. The molecule has 20 heavy (non-hydrogen) atoms. The number of alkyl halides is 1. The highest BCUT2D eigenvalue weighted by Gasteiger charge is 2.53. The summed E-state index contributed by atoms with van der Waals surface area (Å²) in [4.78, 5) is 10.4. The standard InChI is InChI=1S/C14H17Cl2NO3/c1-3-14(4-2)12(16)8-13(14)20-11-7-9(17(18)19)5-6-10(11)15/h5-7,12-13H,3-4,8H2,1-2H3. The van der Waals surface area contributed by atoms with E-state index in [4.69, 9.17) is 27.9 Å². The van der Waals surface area contributed by atoms with Gasteiger partial charge in [0.05, 0.1) is 16.0 Å². The van der Waals surface area contributed by atoms with Crippen LogP contribution in [0.2, 0.25) is 5.02 Å². The van der Waals surface area contributed by atoms with Gasteiger partial charge in [-0.3, -0.25) is 10.1 Å². The second-order valence-corrected chi connectivity index (χ2v) is 6.06. The molecule has 0 spiro atoms. The summed E-state index contributed by atoms with van der Waals surface area (Å²) in [6.07, 6.45) is 2.52. The first kappa shape index (κ1) is 15.4. The van der Waals surface area contributed by atoms with E-state index >= 15 is 0 Å². The molecule has 1 aliphatic rings. The first-order chi connectivity index (χ1) is 9.44. The molecule has 0 saturated heterocycles. The van der Waals surface area contributed by atoms with Crippen molar-refractivity contribution in [1.82, 2.24) is 0 Å². The molecule has 2 rings (SSSR count). The van der Waals surface area contributed by atoms with Crippen molar-refractivity contribution in [2.24, 2.45) is 5.41 Å². The van der Waals surface area contributed by atoms with Crippen molar-refractivity contribution < 1.29 is 9.66 Å². The number of rotatable bonds is 5. The maximum absolute atomic E-state index is 10.8. The largest absolute Gasteiger partial charge is 0.488 e. The number of halogens is 2. The fourth-order valence-corrected chi connectivity index (χ4v) is 3.63. The van der Waals surface area contributed by atoms with E-state index < -0.39 is 4.92 Å². The SMILES string of the molecule is CCC1(CC)C(Cl)CC1Oc1cc([N+](=O)[O-])ccc1Cl. The van der Waals surface area contributed by atoms with Crippen molar-refractivity contribution >= 4 is 28.9 Å². The lowest BCUT2D eigenvalue weighted by Gasteiger charge is -2.52. The van der Waals surface area contributed by atoms with Crippen LogP contribution in [0.3, 0.4) is 0 Å². The van der Waals surface area contributed by atoms with Gasteiger partial charge < -0.3 is 4.74 Å². The van der Waals surface area contributed by atoms with E-state index in [1.807, 2.05) is 0 Å². The lowest BCUT2D eigenvalue weighted by Crippen LogP contribution is -2.56. The Kier molecular flexibility index (Phi) is 4.45. The minimum atomic E-state index is -0.457. The number of nitro benzene ring substituents is 1. The molecule has 1 saturated carbocycles. The average Bonchev–Trinajstić information content (AvgIpc) is 2.41. The molecule has 2 unspecified atom stereocenters. The third kappa shape index (κ3) is 2.47. The molecule has 1 aliphatic carbocycles. The Morgan fingerprint density at radius 1 is 1.45 bits per heavy atom. The molecule has 1 aromatic carbocycles. The Morgan fingerprint density at radius 2 is 2.10 bits per heavy atom. The molecule has 0 amide bonds. The van der Waals surface area contributed by atoms with Gasteiger partial charge in [0.25, 0.3) is 5.69 Å². The number of hydrogen-bond acceptors (Lipinski definition) is 3. The van der Waals surface area contributed by atoms with Crippen LogP contribution in [0.1, 0.15) is 33.1 Å². The molecular weight excluding hydrogens is 301 g/mol. The number of non-ortho nitro benzene ring substituents is 1. The van der Waals surface area contributed by atoms with Crippen LogP contribution in [-0.4, -0.2) is 16.4 Å². The maximum atomic E-state index is 10.8. The van der Waals surface area contributed by atoms with Gasteiger partial charge in [0.15, 0.2) is 0 Å². The van der Waals surface area contributed by atoms with Gasteiger partial charge in [0.2, 0.25) is 0 Å². The summed E-state index contributed by atoms with van der Waals surface area (Å²) in [7, 11) is 0. The highest BCUT2D eigenvalue weighted by molar-refractivity contribution is 6.32. The van der Waals surface area contributed by atoms with Crippen LogP contribution in [0.4, 0.5) is 5.69 Å². The summed E-state index contributed by atoms with van der Waals surface area (Å²) in [6, 6.07) is 4.23. The third-order valence-electron chi connectivity index (χ3n) is 4.40. The molecule has 0 N–H and O–H groups in total. The molecule has 6 heteroatoms. The van der Waals surface area contributed by atoms with Crippen molar-refractivity contribution in [3.05, 3.63) is 33.3 Å². The topological polar surface area (TPSA) is 52.4 Å². The molecule has 0 bridgehead atoms. The predicted octanol–water partition coefficient (Wildman–Crippen LogP) is 4.81. The van der Waals surface area contributed by atoms with Crippen molar-refractivity contribution in [2.75, 3.05) is 0 Å². The molecule has 2 atom stereocenters. The van der Waals surface area contributed by atoms with Crippen LogP contribution >= 0.6 is 23.2 Å². The fourth-order valence-electron chi connectivity index (χ4n) is 2.86. The first-order valence-electron chi connectivity index (χ1n) is 6.69. The van der Waals surface area contributed by atoms with E-state index in [0.29, 0.717) is 10.8 Å². The van der Waals surface area contributed by atoms with E-state index in [-0.39, 0.29) is 22.6 Å².